The number of nitrogens with one attached hydrogen (secondary N) is 1. The highest BCUT2D eigenvalue weighted by Crippen LogP contribution is 2.34. The van der Waals surface area contributed by atoms with Crippen LogP contribution in [-0.2, 0) is 4.79 Å². The molecule has 0 saturated carbocycles. The standard InChI is InChI=1S/C17H23F3N4O2/c1-10-15(22)24-13-9-11(6-7-14(13)26-10)12(21)5-3-2-4-8-23-16(25)17(18,19)20/h6-7,9-10,12H,2-5,8,21H2,1H3,(H2,22,24)(H,23,25). The molecule has 0 radical (unpaired) electrons. The van der Waals surface area contributed by atoms with Crippen LogP contribution in [0.2, 0.25) is 0 Å². The lowest BCUT2D eigenvalue weighted by Gasteiger charge is -2.22. The molecule has 1 aromatic carbocycles. The van der Waals surface area contributed by atoms with E-state index in [1.54, 1.807) is 0 Å². The van der Waals surface area contributed by atoms with Gasteiger partial charge in [-0.15, -0.1) is 0 Å². The van der Waals surface area contributed by atoms with Gasteiger partial charge in [-0.3, -0.25) is 4.79 Å². The van der Waals surface area contributed by atoms with Crippen LogP contribution in [0.25, 0.3) is 0 Å². The van der Waals surface area contributed by atoms with Crippen molar-refractivity contribution < 1.29 is 22.7 Å². The number of alkyl halides is 3. The molecule has 0 saturated heterocycles. The van der Waals surface area contributed by atoms with Crippen LogP contribution in [0.5, 0.6) is 5.75 Å². The fourth-order valence-electron chi connectivity index (χ4n) is 2.57. The summed E-state index contributed by atoms with van der Waals surface area (Å²) in [6.07, 6.45) is -2.56. The van der Waals surface area contributed by atoms with Crippen molar-refractivity contribution in [1.82, 2.24) is 5.32 Å². The highest BCUT2D eigenvalue weighted by molar-refractivity contribution is 5.89. The number of halogens is 3. The van der Waals surface area contributed by atoms with E-state index in [0.717, 1.165) is 12.0 Å². The number of fused-ring (bicyclic) bond motifs is 1. The fraction of sp³-hybridized carbons (Fsp3) is 0.529. The number of aliphatic imine (C=N–C) groups is 1. The zero-order valence-electron chi connectivity index (χ0n) is 14.5. The van der Waals surface area contributed by atoms with Crippen LogP contribution in [0.4, 0.5) is 18.9 Å². The zero-order valence-corrected chi connectivity index (χ0v) is 14.5. The van der Waals surface area contributed by atoms with Gasteiger partial charge >= 0.3 is 12.1 Å². The predicted octanol–water partition coefficient (Wildman–Crippen LogP) is 2.69. The smallest absolute Gasteiger partial charge is 0.471 e. The van der Waals surface area contributed by atoms with Crippen LogP contribution in [0.1, 0.15) is 44.2 Å². The number of unbranched alkanes of at least 4 members (excludes halogenated alkanes) is 2. The summed E-state index contributed by atoms with van der Waals surface area (Å²) in [5.74, 6) is -0.841. The number of hydrogen-bond donors (Lipinski definition) is 3. The first-order valence-electron chi connectivity index (χ1n) is 8.43. The predicted molar refractivity (Wildman–Crippen MR) is 92.3 cm³/mol. The average molecular weight is 372 g/mol. The van der Waals surface area contributed by atoms with Gasteiger partial charge in [-0.1, -0.05) is 18.9 Å². The Hall–Kier alpha value is -2.29. The lowest BCUT2D eigenvalue weighted by atomic mass is 10.00. The quantitative estimate of drug-likeness (QED) is 0.640. The molecule has 1 aliphatic rings. The van der Waals surface area contributed by atoms with Gasteiger partial charge in [0, 0.05) is 12.6 Å². The maximum Gasteiger partial charge on any atom is 0.471 e. The molecule has 5 N–H and O–H groups in total. The molecular formula is C17H23F3N4O2. The first kappa shape index (κ1) is 20.0. The average Bonchev–Trinajstić information content (AvgIpc) is 2.57. The molecule has 2 rings (SSSR count). The van der Waals surface area contributed by atoms with Gasteiger partial charge in [-0.05, 0) is 37.5 Å². The van der Waals surface area contributed by atoms with E-state index in [9.17, 15) is 18.0 Å². The van der Waals surface area contributed by atoms with Crippen molar-refractivity contribution in [3.05, 3.63) is 23.8 Å². The van der Waals surface area contributed by atoms with Crippen LogP contribution in [-0.4, -0.2) is 30.6 Å². The number of carbonyl (C=O) groups excluding carboxylic acids is 1. The number of hydrogen-bond acceptors (Lipinski definition) is 5. The Balaban J connectivity index is 1.75. The Morgan fingerprint density at radius 3 is 2.77 bits per heavy atom. The zero-order chi connectivity index (χ0) is 19.3. The van der Waals surface area contributed by atoms with Crippen LogP contribution in [0.15, 0.2) is 23.2 Å². The molecule has 9 heteroatoms. The largest absolute Gasteiger partial charge is 0.481 e. The minimum atomic E-state index is -4.83. The van der Waals surface area contributed by atoms with E-state index in [4.69, 9.17) is 16.2 Å². The Kier molecular flexibility index (Phi) is 6.47. The molecule has 0 aliphatic carbocycles. The number of rotatable bonds is 7. The Morgan fingerprint density at radius 2 is 2.08 bits per heavy atom. The molecule has 0 spiro atoms. The lowest BCUT2D eigenvalue weighted by Crippen LogP contribution is -2.37. The number of nitrogens with two attached hydrogens (primary N) is 2. The van der Waals surface area contributed by atoms with Crippen molar-refractivity contribution in [3.8, 4) is 5.75 Å². The minimum absolute atomic E-state index is 0.00403. The number of ether oxygens (including phenoxy) is 1. The molecule has 0 fully saturated rings. The normalized spacial score (nSPS) is 17.7. The first-order chi connectivity index (χ1) is 12.2. The van der Waals surface area contributed by atoms with Crippen LogP contribution in [0.3, 0.4) is 0 Å². The van der Waals surface area contributed by atoms with E-state index in [-0.39, 0.29) is 18.7 Å². The van der Waals surface area contributed by atoms with E-state index in [2.05, 4.69) is 4.99 Å². The van der Waals surface area contributed by atoms with Crippen LogP contribution < -0.4 is 21.5 Å². The van der Waals surface area contributed by atoms with Crippen molar-refractivity contribution in [2.24, 2.45) is 16.5 Å². The van der Waals surface area contributed by atoms with E-state index < -0.39 is 12.1 Å². The molecule has 0 aromatic heterocycles. The third kappa shape index (κ3) is 5.35. The second-order valence-corrected chi connectivity index (χ2v) is 6.23. The second-order valence-electron chi connectivity index (χ2n) is 6.23. The third-order valence-corrected chi connectivity index (χ3v) is 4.12. The number of carbonyl (C=O) groups is 1. The fourth-order valence-corrected chi connectivity index (χ4v) is 2.57. The number of nitrogens with zero attached hydrogens (tertiary/aromatic N) is 1. The molecule has 6 nitrogen and oxygen atoms in total. The van der Waals surface area contributed by atoms with Crippen molar-refractivity contribution in [2.75, 3.05) is 6.54 Å². The van der Waals surface area contributed by atoms with Crippen LogP contribution >= 0.6 is 0 Å². The summed E-state index contributed by atoms with van der Waals surface area (Å²) in [5, 5.41) is 1.85. The Bertz CT molecular complexity index is 676. The summed E-state index contributed by atoms with van der Waals surface area (Å²) in [6, 6.07) is 5.30. The summed E-state index contributed by atoms with van der Waals surface area (Å²) in [4.78, 5) is 15.0. The second kappa shape index (κ2) is 8.39. The molecule has 144 valence electrons. The summed E-state index contributed by atoms with van der Waals surface area (Å²) in [6.45, 7) is 1.81. The van der Waals surface area contributed by atoms with Gasteiger partial charge in [-0.25, -0.2) is 4.99 Å². The van der Waals surface area contributed by atoms with Gasteiger partial charge in [0.05, 0.1) is 0 Å². The number of amidine groups is 1. The first-order valence-corrected chi connectivity index (χ1v) is 8.43. The Morgan fingerprint density at radius 1 is 1.35 bits per heavy atom. The van der Waals surface area contributed by atoms with Gasteiger partial charge in [0.2, 0.25) is 0 Å². The van der Waals surface area contributed by atoms with Crippen molar-refractivity contribution >= 4 is 17.4 Å². The number of benzene rings is 1. The molecule has 1 amide bonds. The maximum atomic E-state index is 12.0. The third-order valence-electron chi connectivity index (χ3n) is 4.12. The lowest BCUT2D eigenvalue weighted by molar-refractivity contribution is -0.173. The topological polar surface area (TPSA) is 103 Å². The van der Waals surface area contributed by atoms with Crippen molar-refractivity contribution in [2.45, 2.75) is 50.9 Å². The van der Waals surface area contributed by atoms with Gasteiger partial charge in [-0.2, -0.15) is 13.2 Å². The number of amides is 1. The van der Waals surface area contributed by atoms with Gasteiger partial charge in [0.1, 0.15) is 17.3 Å². The molecule has 2 atom stereocenters. The van der Waals surface area contributed by atoms with Gasteiger partial charge < -0.3 is 21.5 Å². The van der Waals surface area contributed by atoms with Crippen LogP contribution in [0, 0.1) is 0 Å². The summed E-state index contributed by atoms with van der Waals surface area (Å²) < 4.78 is 41.7. The highest BCUT2D eigenvalue weighted by Gasteiger charge is 2.38. The molecule has 26 heavy (non-hydrogen) atoms. The minimum Gasteiger partial charge on any atom is -0.481 e. The molecule has 1 aliphatic heterocycles. The molecular weight excluding hydrogens is 349 g/mol. The van der Waals surface area contributed by atoms with E-state index in [1.807, 2.05) is 30.4 Å². The maximum absolute atomic E-state index is 12.0. The summed E-state index contributed by atoms with van der Waals surface area (Å²) in [5.41, 5.74) is 13.5. The summed E-state index contributed by atoms with van der Waals surface area (Å²) in [7, 11) is 0. The monoisotopic (exact) mass is 372 g/mol. The van der Waals surface area contributed by atoms with E-state index in [0.29, 0.717) is 36.5 Å². The Labute approximate surface area is 149 Å². The van der Waals surface area contributed by atoms with Crippen molar-refractivity contribution in [3.63, 3.8) is 0 Å². The molecule has 0 bridgehead atoms. The van der Waals surface area contributed by atoms with Crippen molar-refractivity contribution in [1.29, 1.82) is 0 Å². The molecule has 1 aromatic rings. The van der Waals surface area contributed by atoms with E-state index >= 15 is 0 Å². The SMILES string of the molecule is CC1Oc2ccc(C(N)CCCCCNC(=O)C(F)(F)F)cc2N=C1N. The highest BCUT2D eigenvalue weighted by atomic mass is 19.4. The molecule has 2 unspecified atom stereocenters. The summed E-state index contributed by atoms with van der Waals surface area (Å²) >= 11 is 0. The van der Waals surface area contributed by atoms with Gasteiger partial charge in [0.15, 0.2) is 6.10 Å². The van der Waals surface area contributed by atoms with Gasteiger partial charge in [0.25, 0.3) is 0 Å². The van der Waals surface area contributed by atoms with E-state index in [1.165, 1.54) is 0 Å². The molecule has 1 heterocycles.